The first kappa shape index (κ1) is 40.6. The summed E-state index contributed by atoms with van der Waals surface area (Å²) in [5, 5.41) is 11.2. The highest BCUT2D eigenvalue weighted by Gasteiger charge is 2.46. The van der Waals surface area contributed by atoms with Crippen LogP contribution >= 0.6 is 0 Å². The van der Waals surface area contributed by atoms with Crippen LogP contribution in [0.1, 0.15) is 110 Å². The van der Waals surface area contributed by atoms with Crippen molar-refractivity contribution in [1.29, 1.82) is 0 Å². The Hall–Kier alpha value is -4.04. The van der Waals surface area contributed by atoms with Crippen molar-refractivity contribution in [2.45, 2.75) is 128 Å². The van der Waals surface area contributed by atoms with E-state index in [1.165, 1.54) is 22.3 Å². The Labute approximate surface area is 329 Å². The Balaban J connectivity index is 1.01. The van der Waals surface area contributed by atoms with Gasteiger partial charge in [-0.15, -0.1) is 0 Å². The van der Waals surface area contributed by atoms with E-state index in [-0.39, 0.29) is 35.2 Å². The van der Waals surface area contributed by atoms with Gasteiger partial charge in [-0.2, -0.15) is 0 Å². The Bertz CT molecular complexity index is 1780. The lowest BCUT2D eigenvalue weighted by atomic mass is 9.78. The van der Waals surface area contributed by atoms with Gasteiger partial charge in [0.05, 0.1) is 19.3 Å². The van der Waals surface area contributed by atoms with Gasteiger partial charge in [-0.05, 0) is 96.5 Å². The minimum atomic E-state index is -0.690. The molecule has 0 radical (unpaired) electrons. The lowest BCUT2D eigenvalue weighted by Crippen LogP contribution is -2.40. The molecule has 4 aromatic rings. The average Bonchev–Trinajstić information content (AvgIpc) is 4.15. The van der Waals surface area contributed by atoms with E-state index >= 15 is 0 Å². The molecular weight excluding hydrogens is 689 g/mol. The molecule has 0 amide bonds. The highest BCUT2D eigenvalue weighted by Crippen LogP contribution is 2.39. The van der Waals surface area contributed by atoms with E-state index in [4.69, 9.17) is 28.4 Å². The van der Waals surface area contributed by atoms with Crippen LogP contribution in [0, 0.1) is 0 Å². The molecule has 55 heavy (non-hydrogen) atoms. The van der Waals surface area contributed by atoms with Crippen LogP contribution in [-0.2, 0) is 20.3 Å². The molecule has 7 nitrogen and oxygen atoms in total. The molecule has 2 aliphatic heterocycles. The minimum absolute atomic E-state index is 0.181. The molecule has 2 fully saturated rings. The third kappa shape index (κ3) is 9.68. The van der Waals surface area contributed by atoms with Crippen molar-refractivity contribution < 1.29 is 33.5 Å². The lowest BCUT2D eigenvalue weighted by molar-refractivity contribution is -0.00986. The van der Waals surface area contributed by atoms with Gasteiger partial charge in [0.15, 0.2) is 0 Å². The third-order valence-electron chi connectivity index (χ3n) is 12.3. The van der Waals surface area contributed by atoms with Crippen LogP contribution in [0.4, 0.5) is 0 Å². The lowest BCUT2D eigenvalue weighted by Gasteiger charge is -2.35. The van der Waals surface area contributed by atoms with E-state index in [1.807, 2.05) is 36.4 Å². The summed E-state index contributed by atoms with van der Waals surface area (Å²) < 4.78 is 36.0. The van der Waals surface area contributed by atoms with Crippen LogP contribution in [0.2, 0.25) is 0 Å². The zero-order chi connectivity index (χ0) is 39.3. The smallest absolute Gasteiger partial charge is 0.137 e. The second kappa shape index (κ2) is 17.0. The first-order chi connectivity index (χ1) is 26.3. The Morgan fingerprint density at radius 1 is 0.564 bits per heavy atom. The third-order valence-corrected chi connectivity index (χ3v) is 12.3. The van der Waals surface area contributed by atoms with Crippen LogP contribution in [0.25, 0.3) is 0 Å². The molecule has 3 atom stereocenters. The normalized spacial score (nSPS) is 17.7. The molecule has 0 aliphatic carbocycles. The maximum Gasteiger partial charge on any atom is 0.137 e. The molecule has 296 valence electrons. The number of benzene rings is 4. The van der Waals surface area contributed by atoms with Crippen molar-refractivity contribution in [3.8, 4) is 23.0 Å². The maximum atomic E-state index is 11.2. The maximum absolute atomic E-state index is 11.2. The second-order valence-corrected chi connectivity index (χ2v) is 16.5. The van der Waals surface area contributed by atoms with Gasteiger partial charge in [-0.25, -0.2) is 0 Å². The average molecular weight is 751 g/mol. The highest BCUT2D eigenvalue weighted by molar-refractivity contribution is 5.43. The molecule has 0 saturated carbocycles. The predicted molar refractivity (Wildman–Crippen MR) is 219 cm³/mol. The van der Waals surface area contributed by atoms with E-state index < -0.39 is 11.7 Å². The quantitative estimate of drug-likeness (QED) is 0.0849. The highest BCUT2D eigenvalue weighted by atomic mass is 16.6. The molecule has 6 rings (SSSR count). The Morgan fingerprint density at radius 2 is 0.964 bits per heavy atom. The monoisotopic (exact) mass is 750 g/mol. The number of hydrogen-bond acceptors (Lipinski definition) is 7. The van der Waals surface area contributed by atoms with Gasteiger partial charge in [0.2, 0.25) is 0 Å². The van der Waals surface area contributed by atoms with E-state index in [0.717, 1.165) is 61.9 Å². The first-order valence-electron chi connectivity index (χ1n) is 20.3. The SMILES string of the molecule is CCC(CC)(CC(O)COc1ccc(C(C)(C)c2ccc(OC(CC)(CC)C3CO3)cc2)cc1)Oc1ccc(C(C)(C)c2ccc(OCC3CO3)cc2)cc1. The molecule has 2 saturated heterocycles. The molecular formula is C48H62O7. The van der Waals surface area contributed by atoms with Crippen molar-refractivity contribution in [2.24, 2.45) is 0 Å². The summed E-state index contributed by atoms with van der Waals surface area (Å²) in [5.74, 6) is 3.26. The fraction of sp³-hybridized carbons (Fsp3) is 0.500. The molecule has 1 N–H and O–H groups in total. The van der Waals surface area contributed by atoms with Crippen LogP contribution in [0.15, 0.2) is 97.1 Å². The molecule has 3 unspecified atom stereocenters. The van der Waals surface area contributed by atoms with Crippen molar-refractivity contribution in [2.75, 3.05) is 26.4 Å². The summed E-state index contributed by atoms with van der Waals surface area (Å²) in [6.45, 7) is 19.8. The standard InChI is InChI=1S/C48H62O7/c1-9-47(10-2,54-41-25-17-36(18-26-41)45(5,6)35-15-23-40(24-16-35)51-31-43-32-52-43)29-38(49)30-50-39-21-13-34(14-22-39)46(7,8)37-19-27-42(28-20-37)55-48(11-3,12-4)44-33-53-44/h13-28,38,43-44,49H,9-12,29-33H2,1-8H3. The summed E-state index contributed by atoms with van der Waals surface area (Å²) in [7, 11) is 0. The molecule has 7 heteroatoms. The predicted octanol–water partition coefficient (Wildman–Crippen LogP) is 10.2. The van der Waals surface area contributed by atoms with Crippen LogP contribution in [-0.4, -0.2) is 61.0 Å². The van der Waals surface area contributed by atoms with Gasteiger partial charge in [0, 0.05) is 17.3 Å². The van der Waals surface area contributed by atoms with Gasteiger partial charge in [0.25, 0.3) is 0 Å². The minimum Gasteiger partial charge on any atom is -0.491 e. The number of ether oxygens (including phenoxy) is 6. The largest absolute Gasteiger partial charge is 0.491 e. The molecule has 2 aliphatic rings. The molecule has 0 spiro atoms. The number of aliphatic hydroxyl groups excluding tert-OH is 1. The fourth-order valence-electron chi connectivity index (χ4n) is 7.66. The summed E-state index contributed by atoms with van der Waals surface area (Å²) in [5.41, 5.74) is 3.59. The van der Waals surface area contributed by atoms with E-state index in [1.54, 1.807) is 0 Å². The van der Waals surface area contributed by atoms with E-state index in [0.29, 0.717) is 13.0 Å². The first-order valence-corrected chi connectivity index (χ1v) is 20.3. The van der Waals surface area contributed by atoms with Crippen molar-refractivity contribution in [3.05, 3.63) is 119 Å². The zero-order valence-corrected chi connectivity index (χ0v) is 34.2. The zero-order valence-electron chi connectivity index (χ0n) is 34.2. The van der Waals surface area contributed by atoms with E-state index in [2.05, 4.69) is 116 Å². The molecule has 0 bridgehead atoms. The summed E-state index contributed by atoms with van der Waals surface area (Å²) in [4.78, 5) is 0. The van der Waals surface area contributed by atoms with Gasteiger partial charge in [0.1, 0.15) is 59.6 Å². The van der Waals surface area contributed by atoms with Crippen LogP contribution < -0.4 is 18.9 Å². The molecule has 2 heterocycles. The molecule has 4 aromatic carbocycles. The Morgan fingerprint density at radius 3 is 1.35 bits per heavy atom. The van der Waals surface area contributed by atoms with Gasteiger partial charge in [-0.1, -0.05) is 104 Å². The second-order valence-electron chi connectivity index (χ2n) is 16.5. The summed E-state index contributed by atoms with van der Waals surface area (Å²) >= 11 is 0. The number of hydrogen-bond donors (Lipinski definition) is 1. The van der Waals surface area contributed by atoms with Crippen molar-refractivity contribution in [1.82, 2.24) is 0 Å². The Kier molecular flexibility index (Phi) is 12.5. The number of aliphatic hydroxyl groups is 1. The van der Waals surface area contributed by atoms with Crippen molar-refractivity contribution >= 4 is 0 Å². The van der Waals surface area contributed by atoms with Gasteiger partial charge in [-0.3, -0.25) is 0 Å². The summed E-state index contributed by atoms with van der Waals surface area (Å²) in [6.07, 6.45) is 3.55. The molecule has 0 aromatic heterocycles. The number of epoxide rings is 2. The van der Waals surface area contributed by atoms with Crippen LogP contribution in [0.5, 0.6) is 23.0 Å². The fourth-order valence-corrected chi connectivity index (χ4v) is 7.66. The van der Waals surface area contributed by atoms with Crippen LogP contribution in [0.3, 0.4) is 0 Å². The van der Waals surface area contributed by atoms with Crippen molar-refractivity contribution in [3.63, 3.8) is 0 Å². The topological polar surface area (TPSA) is 82.2 Å². The van der Waals surface area contributed by atoms with Gasteiger partial charge < -0.3 is 33.5 Å². The summed E-state index contributed by atoms with van der Waals surface area (Å²) in [6, 6.07) is 33.4. The van der Waals surface area contributed by atoms with Gasteiger partial charge >= 0.3 is 0 Å². The van der Waals surface area contributed by atoms with E-state index in [9.17, 15) is 5.11 Å². The number of rotatable bonds is 21.